The smallest absolute Gasteiger partial charge is 0.0393 e. The molecule has 1 unspecified atom stereocenters. The first-order valence-electron chi connectivity index (χ1n) is 15.3. The highest BCUT2D eigenvalue weighted by molar-refractivity contribution is 8.22. The standard InChI is InChI=1S/C32H54S2/c1-22(2)9-6-7-10-23(3)27-13-14-28-26-12-11-25-21-24(30-33-19-8-20-34-30)15-17-31(25,4)29(26)16-18-32(27,28)5/h22-23,25-29H,6-21H2,1-5H3/t23?,25-,26-,27+,28-,29-,31-,32+/m0/s1. The van der Waals surface area contributed by atoms with E-state index in [-0.39, 0.29) is 0 Å². The predicted molar refractivity (Wildman–Crippen MR) is 154 cm³/mol. The third kappa shape index (κ3) is 4.83. The maximum Gasteiger partial charge on any atom is 0.0393 e. The van der Waals surface area contributed by atoms with Crippen molar-refractivity contribution < 1.29 is 0 Å². The van der Waals surface area contributed by atoms with Gasteiger partial charge >= 0.3 is 0 Å². The summed E-state index contributed by atoms with van der Waals surface area (Å²) in [6.07, 6.45) is 20.9. The van der Waals surface area contributed by atoms with E-state index in [0.29, 0.717) is 10.8 Å². The molecule has 1 aliphatic heterocycles. The molecule has 2 heteroatoms. The maximum atomic E-state index is 2.77. The topological polar surface area (TPSA) is 0 Å². The lowest BCUT2D eigenvalue weighted by Gasteiger charge is -2.61. The normalized spacial score (nSPS) is 43.4. The molecule has 0 aromatic carbocycles. The molecule has 5 rings (SSSR count). The van der Waals surface area contributed by atoms with Crippen LogP contribution in [0.2, 0.25) is 0 Å². The molecule has 34 heavy (non-hydrogen) atoms. The van der Waals surface area contributed by atoms with E-state index in [4.69, 9.17) is 0 Å². The van der Waals surface area contributed by atoms with Gasteiger partial charge in [0.25, 0.3) is 0 Å². The number of thioether (sulfide) groups is 2. The molecule has 0 radical (unpaired) electrons. The van der Waals surface area contributed by atoms with E-state index in [9.17, 15) is 0 Å². The number of hydrogen-bond donors (Lipinski definition) is 0. The van der Waals surface area contributed by atoms with Crippen LogP contribution in [0.5, 0.6) is 0 Å². The largest absolute Gasteiger partial charge is 0.119 e. The molecule has 0 bridgehead atoms. The summed E-state index contributed by atoms with van der Waals surface area (Å²) < 4.78 is 1.76. The third-order valence-electron chi connectivity index (χ3n) is 12.0. The van der Waals surface area contributed by atoms with Gasteiger partial charge in [0.05, 0.1) is 0 Å². The van der Waals surface area contributed by atoms with E-state index in [0.717, 1.165) is 41.4 Å². The molecule has 8 atom stereocenters. The predicted octanol–water partition coefficient (Wildman–Crippen LogP) is 10.6. The molecule has 0 spiro atoms. The van der Waals surface area contributed by atoms with Gasteiger partial charge in [0, 0.05) is 4.24 Å². The molecule has 1 saturated heterocycles. The lowest BCUT2D eigenvalue weighted by atomic mass is 9.44. The van der Waals surface area contributed by atoms with Crippen molar-refractivity contribution in [1.82, 2.24) is 0 Å². The Hall–Kier alpha value is 0.440. The average Bonchev–Trinajstić information content (AvgIpc) is 3.19. The molecule has 0 aromatic rings. The number of rotatable bonds is 6. The van der Waals surface area contributed by atoms with Crippen LogP contribution < -0.4 is 0 Å². The number of hydrogen-bond acceptors (Lipinski definition) is 2. The van der Waals surface area contributed by atoms with Crippen molar-refractivity contribution in [1.29, 1.82) is 0 Å². The molecular weight excluding hydrogens is 448 g/mol. The summed E-state index contributed by atoms with van der Waals surface area (Å²) in [7, 11) is 0. The van der Waals surface area contributed by atoms with Crippen LogP contribution in [0.15, 0.2) is 9.81 Å². The molecule has 0 nitrogen and oxygen atoms in total. The fourth-order valence-corrected chi connectivity index (χ4v) is 12.8. The van der Waals surface area contributed by atoms with Crippen LogP contribution in [-0.2, 0) is 0 Å². The Morgan fingerprint density at radius 2 is 1.56 bits per heavy atom. The molecular formula is C32H54S2. The quantitative estimate of drug-likeness (QED) is 0.331. The zero-order valence-corrected chi connectivity index (χ0v) is 24.8. The maximum absolute atomic E-state index is 2.77. The van der Waals surface area contributed by atoms with Gasteiger partial charge in [-0.1, -0.05) is 60.3 Å². The highest BCUT2D eigenvalue weighted by Gasteiger charge is 2.60. The molecule has 0 amide bonds. The summed E-state index contributed by atoms with van der Waals surface area (Å²) in [4.78, 5) is 0. The molecule has 0 N–H and O–H groups in total. The second kappa shape index (κ2) is 10.7. The van der Waals surface area contributed by atoms with Crippen LogP contribution in [0.1, 0.15) is 125 Å². The minimum absolute atomic E-state index is 0.638. The molecule has 5 aliphatic rings. The minimum atomic E-state index is 0.638. The van der Waals surface area contributed by atoms with E-state index >= 15 is 0 Å². The number of unbranched alkanes of at least 4 members (excludes halogenated alkanes) is 1. The van der Waals surface area contributed by atoms with Gasteiger partial charge < -0.3 is 0 Å². The van der Waals surface area contributed by atoms with Crippen LogP contribution in [-0.4, -0.2) is 11.5 Å². The zero-order valence-electron chi connectivity index (χ0n) is 23.2. The van der Waals surface area contributed by atoms with Crippen LogP contribution in [0.25, 0.3) is 0 Å². The third-order valence-corrected chi connectivity index (χ3v) is 14.8. The van der Waals surface area contributed by atoms with E-state index in [1.54, 1.807) is 36.3 Å². The van der Waals surface area contributed by atoms with Gasteiger partial charge in [-0.2, -0.15) is 0 Å². The number of allylic oxidation sites excluding steroid dienone is 1. The highest BCUT2D eigenvalue weighted by Crippen LogP contribution is 2.69. The average molecular weight is 503 g/mol. The summed E-state index contributed by atoms with van der Waals surface area (Å²) in [6.45, 7) is 12.9. The Balaban J connectivity index is 1.24. The summed E-state index contributed by atoms with van der Waals surface area (Å²) in [5.41, 5.74) is 3.17. The van der Waals surface area contributed by atoms with E-state index in [1.807, 2.05) is 5.57 Å². The lowest BCUT2D eigenvalue weighted by Crippen LogP contribution is -2.53. The molecule has 5 fully saturated rings. The Bertz CT molecular complexity index is 731. The van der Waals surface area contributed by atoms with E-state index in [1.165, 1.54) is 69.3 Å². The van der Waals surface area contributed by atoms with E-state index < -0.39 is 0 Å². The summed E-state index contributed by atoms with van der Waals surface area (Å²) in [5, 5.41) is 0. The van der Waals surface area contributed by atoms with Gasteiger partial charge in [-0.15, -0.1) is 23.5 Å². The zero-order chi connectivity index (χ0) is 23.9. The Morgan fingerprint density at radius 3 is 2.32 bits per heavy atom. The van der Waals surface area contributed by atoms with Crippen molar-refractivity contribution in [3.8, 4) is 0 Å². The molecule has 0 aromatic heterocycles. The van der Waals surface area contributed by atoms with Crippen LogP contribution in [0, 0.1) is 52.3 Å². The van der Waals surface area contributed by atoms with Crippen molar-refractivity contribution in [3.05, 3.63) is 9.81 Å². The van der Waals surface area contributed by atoms with Crippen molar-refractivity contribution in [3.63, 3.8) is 0 Å². The molecule has 4 saturated carbocycles. The monoisotopic (exact) mass is 502 g/mol. The van der Waals surface area contributed by atoms with E-state index in [2.05, 4.69) is 58.1 Å². The van der Waals surface area contributed by atoms with Crippen LogP contribution in [0.4, 0.5) is 0 Å². The van der Waals surface area contributed by atoms with Crippen molar-refractivity contribution in [2.24, 2.45) is 52.3 Å². The fraction of sp³-hybridized carbons (Fsp3) is 0.938. The van der Waals surface area contributed by atoms with Gasteiger partial charge in [0.1, 0.15) is 0 Å². The van der Waals surface area contributed by atoms with Gasteiger partial charge in [0.15, 0.2) is 0 Å². The first-order valence-corrected chi connectivity index (χ1v) is 17.3. The second-order valence-electron chi connectivity index (χ2n) is 14.2. The van der Waals surface area contributed by atoms with Crippen molar-refractivity contribution >= 4 is 23.5 Å². The SMILES string of the molecule is CC(C)CCCCC(C)[C@H]1CC[C@H]2[C@@H]3CC[C@H]4CC(=C5SCCCS5)CC[C@]4(C)[C@H]3CC[C@]12C. The van der Waals surface area contributed by atoms with Gasteiger partial charge in [-0.3, -0.25) is 0 Å². The molecule has 4 aliphatic carbocycles. The molecule has 194 valence electrons. The Labute approximate surface area is 221 Å². The van der Waals surface area contributed by atoms with Gasteiger partial charge in [0.2, 0.25) is 0 Å². The fourth-order valence-electron chi connectivity index (χ4n) is 10.1. The summed E-state index contributed by atoms with van der Waals surface area (Å²) in [5.74, 6) is 9.67. The van der Waals surface area contributed by atoms with Crippen molar-refractivity contribution in [2.45, 2.75) is 125 Å². The minimum Gasteiger partial charge on any atom is -0.119 e. The second-order valence-corrected chi connectivity index (χ2v) is 16.7. The first kappa shape index (κ1) is 26.1. The Kier molecular flexibility index (Phi) is 8.18. The molecule has 1 heterocycles. The Morgan fingerprint density at radius 1 is 0.824 bits per heavy atom. The lowest BCUT2D eigenvalue weighted by molar-refractivity contribution is -0.109. The van der Waals surface area contributed by atoms with Gasteiger partial charge in [-0.05, 0) is 134 Å². The van der Waals surface area contributed by atoms with Crippen LogP contribution >= 0.6 is 23.5 Å². The van der Waals surface area contributed by atoms with Crippen LogP contribution in [0.3, 0.4) is 0 Å². The first-order chi connectivity index (χ1) is 16.3. The summed E-state index contributed by atoms with van der Waals surface area (Å²) in [6, 6.07) is 0. The summed E-state index contributed by atoms with van der Waals surface area (Å²) >= 11 is 4.39. The van der Waals surface area contributed by atoms with Crippen molar-refractivity contribution in [2.75, 3.05) is 11.5 Å². The highest BCUT2D eigenvalue weighted by atomic mass is 32.2. The number of fused-ring (bicyclic) bond motifs is 5. The van der Waals surface area contributed by atoms with Gasteiger partial charge in [-0.25, -0.2) is 0 Å².